The Morgan fingerprint density at radius 2 is 1.90 bits per heavy atom. The minimum atomic E-state index is -4.75. The summed E-state index contributed by atoms with van der Waals surface area (Å²) in [5.74, 6) is 0.669. The van der Waals surface area contributed by atoms with E-state index in [0.717, 1.165) is 12.1 Å². The number of hydrogen-bond donors (Lipinski definition) is 1. The smallest absolute Gasteiger partial charge is 0.385 e. The van der Waals surface area contributed by atoms with E-state index in [9.17, 15) is 23.3 Å². The fraction of sp³-hybridized carbons (Fsp3) is 0.538. The van der Waals surface area contributed by atoms with Gasteiger partial charge >= 0.3 is 6.18 Å². The maximum absolute atomic E-state index is 12.8. The molecular weight excluding hydrogens is 273 g/mol. The number of alkyl halides is 3. The van der Waals surface area contributed by atoms with Crippen molar-refractivity contribution in [2.75, 3.05) is 11.9 Å². The van der Waals surface area contributed by atoms with Gasteiger partial charge in [0, 0.05) is 18.3 Å². The lowest BCUT2D eigenvalue weighted by Crippen LogP contribution is -2.17. The molecule has 0 aromatic heterocycles. The van der Waals surface area contributed by atoms with Gasteiger partial charge in [-0.05, 0) is 24.0 Å². The maximum atomic E-state index is 12.8. The summed E-state index contributed by atoms with van der Waals surface area (Å²) < 4.78 is 38.4. The number of nitro benzene ring substituents is 1. The van der Waals surface area contributed by atoms with E-state index < -0.39 is 22.4 Å². The van der Waals surface area contributed by atoms with E-state index in [1.165, 1.54) is 6.07 Å². The standard InChI is InChI=1S/C13H17F3N2O2/c1-8(2)9(3)7-17-10-4-5-12(18(19)20)11(6-10)13(14,15)16/h4-6,8-9,17H,7H2,1-3H3. The molecule has 1 unspecified atom stereocenters. The van der Waals surface area contributed by atoms with Crippen LogP contribution in [0.3, 0.4) is 0 Å². The lowest BCUT2D eigenvalue weighted by molar-refractivity contribution is -0.388. The van der Waals surface area contributed by atoms with E-state index in [1.807, 2.05) is 20.8 Å². The Hall–Kier alpha value is -1.79. The highest BCUT2D eigenvalue weighted by Crippen LogP contribution is 2.37. The first-order valence-corrected chi connectivity index (χ1v) is 6.22. The van der Waals surface area contributed by atoms with Crippen molar-refractivity contribution in [1.29, 1.82) is 0 Å². The first-order chi connectivity index (χ1) is 9.12. The number of hydrogen-bond acceptors (Lipinski definition) is 3. The molecule has 0 saturated heterocycles. The highest BCUT2D eigenvalue weighted by Gasteiger charge is 2.38. The minimum Gasteiger partial charge on any atom is -0.385 e. The van der Waals surface area contributed by atoms with Crippen LogP contribution in [0.15, 0.2) is 18.2 Å². The van der Waals surface area contributed by atoms with Gasteiger partial charge in [-0.15, -0.1) is 0 Å². The molecule has 0 bridgehead atoms. The number of benzene rings is 1. The normalized spacial score (nSPS) is 13.3. The second-order valence-electron chi connectivity index (χ2n) is 5.09. The largest absolute Gasteiger partial charge is 0.423 e. The molecule has 0 aliphatic rings. The van der Waals surface area contributed by atoms with E-state index in [-0.39, 0.29) is 11.6 Å². The Bertz CT molecular complexity index is 487. The van der Waals surface area contributed by atoms with Crippen molar-refractivity contribution in [2.45, 2.75) is 26.9 Å². The van der Waals surface area contributed by atoms with Crippen molar-refractivity contribution in [1.82, 2.24) is 0 Å². The molecule has 1 aromatic rings. The topological polar surface area (TPSA) is 55.2 Å². The van der Waals surface area contributed by atoms with Crippen molar-refractivity contribution in [2.24, 2.45) is 11.8 Å². The Morgan fingerprint density at radius 3 is 2.35 bits per heavy atom. The van der Waals surface area contributed by atoms with Gasteiger partial charge in [-0.25, -0.2) is 0 Å². The molecule has 0 fully saturated rings. The Kier molecular flexibility index (Phi) is 4.97. The van der Waals surface area contributed by atoms with E-state index in [4.69, 9.17) is 0 Å². The van der Waals surface area contributed by atoms with Gasteiger partial charge < -0.3 is 5.32 Å². The Morgan fingerprint density at radius 1 is 1.30 bits per heavy atom. The summed E-state index contributed by atoms with van der Waals surface area (Å²) in [7, 11) is 0. The van der Waals surface area contributed by atoms with Gasteiger partial charge in [0.1, 0.15) is 5.56 Å². The maximum Gasteiger partial charge on any atom is 0.423 e. The zero-order valence-electron chi connectivity index (χ0n) is 11.5. The molecule has 0 amide bonds. The lowest BCUT2D eigenvalue weighted by atomic mass is 9.98. The first-order valence-electron chi connectivity index (χ1n) is 6.22. The van der Waals surface area contributed by atoms with E-state index in [2.05, 4.69) is 5.32 Å². The Labute approximate surface area is 115 Å². The molecule has 112 valence electrons. The van der Waals surface area contributed by atoms with Gasteiger partial charge in [-0.1, -0.05) is 20.8 Å². The zero-order chi connectivity index (χ0) is 15.5. The lowest BCUT2D eigenvalue weighted by Gasteiger charge is -2.17. The average Bonchev–Trinajstić information content (AvgIpc) is 2.34. The van der Waals surface area contributed by atoms with Crippen LogP contribution in [0.4, 0.5) is 24.5 Å². The predicted octanol–water partition coefficient (Wildman–Crippen LogP) is 4.32. The van der Waals surface area contributed by atoms with E-state index in [0.29, 0.717) is 12.5 Å². The van der Waals surface area contributed by atoms with Crippen LogP contribution in [-0.4, -0.2) is 11.5 Å². The number of halogens is 3. The van der Waals surface area contributed by atoms with Gasteiger partial charge in [-0.2, -0.15) is 13.2 Å². The SMILES string of the molecule is CC(C)C(C)CNc1ccc([N+](=O)[O-])c(C(F)(F)F)c1. The molecule has 1 atom stereocenters. The van der Waals surface area contributed by atoms with Crippen LogP contribution >= 0.6 is 0 Å². The monoisotopic (exact) mass is 290 g/mol. The first kappa shape index (κ1) is 16.3. The van der Waals surface area contributed by atoms with Crippen molar-refractivity contribution in [3.8, 4) is 0 Å². The Balaban J connectivity index is 2.99. The summed E-state index contributed by atoms with van der Waals surface area (Å²) >= 11 is 0. The average molecular weight is 290 g/mol. The predicted molar refractivity (Wildman–Crippen MR) is 70.6 cm³/mol. The zero-order valence-corrected chi connectivity index (χ0v) is 11.5. The fourth-order valence-electron chi connectivity index (χ4n) is 1.55. The third-order valence-corrected chi connectivity index (χ3v) is 3.26. The molecule has 0 radical (unpaired) electrons. The summed E-state index contributed by atoms with van der Waals surface area (Å²) in [6.45, 7) is 6.52. The molecule has 0 saturated carbocycles. The van der Waals surface area contributed by atoms with Crippen LogP contribution in [0, 0.1) is 22.0 Å². The van der Waals surface area contributed by atoms with Crippen molar-refractivity contribution in [3.05, 3.63) is 33.9 Å². The van der Waals surface area contributed by atoms with Crippen molar-refractivity contribution >= 4 is 11.4 Å². The van der Waals surface area contributed by atoms with Gasteiger partial charge in [0.15, 0.2) is 0 Å². The molecule has 1 rings (SSSR count). The highest BCUT2D eigenvalue weighted by molar-refractivity contribution is 5.55. The fourth-order valence-corrected chi connectivity index (χ4v) is 1.55. The molecule has 0 heterocycles. The number of rotatable bonds is 5. The molecular formula is C13H17F3N2O2. The number of nitro groups is 1. The molecule has 20 heavy (non-hydrogen) atoms. The molecule has 0 aliphatic heterocycles. The molecule has 0 aliphatic carbocycles. The highest BCUT2D eigenvalue weighted by atomic mass is 19.4. The molecule has 0 spiro atoms. The minimum absolute atomic E-state index is 0.232. The van der Waals surface area contributed by atoms with Gasteiger partial charge in [0.05, 0.1) is 4.92 Å². The van der Waals surface area contributed by atoms with Crippen LogP contribution in [0.25, 0.3) is 0 Å². The third kappa shape index (κ3) is 4.11. The summed E-state index contributed by atoms with van der Waals surface area (Å²) in [6, 6.07) is 2.96. The summed E-state index contributed by atoms with van der Waals surface area (Å²) in [5, 5.41) is 13.5. The molecule has 7 heteroatoms. The summed E-state index contributed by atoms with van der Waals surface area (Å²) in [4.78, 5) is 9.60. The van der Waals surface area contributed by atoms with E-state index in [1.54, 1.807) is 0 Å². The number of nitrogens with zero attached hydrogens (tertiary/aromatic N) is 1. The van der Waals surface area contributed by atoms with Crippen LogP contribution < -0.4 is 5.32 Å². The van der Waals surface area contributed by atoms with Gasteiger partial charge in [0.25, 0.3) is 5.69 Å². The molecule has 4 nitrogen and oxygen atoms in total. The molecule has 1 aromatic carbocycles. The third-order valence-electron chi connectivity index (χ3n) is 3.26. The van der Waals surface area contributed by atoms with Crippen molar-refractivity contribution in [3.63, 3.8) is 0 Å². The number of nitrogens with one attached hydrogen (secondary N) is 1. The van der Waals surface area contributed by atoms with E-state index >= 15 is 0 Å². The molecule has 1 N–H and O–H groups in total. The second kappa shape index (κ2) is 6.11. The van der Waals surface area contributed by atoms with Crippen molar-refractivity contribution < 1.29 is 18.1 Å². The van der Waals surface area contributed by atoms with Crippen LogP contribution in [0.1, 0.15) is 26.3 Å². The van der Waals surface area contributed by atoms with Gasteiger partial charge in [0.2, 0.25) is 0 Å². The number of anilines is 1. The summed E-state index contributed by atoms with van der Waals surface area (Å²) in [6.07, 6.45) is -4.75. The van der Waals surface area contributed by atoms with Crippen LogP contribution in [0.2, 0.25) is 0 Å². The van der Waals surface area contributed by atoms with Gasteiger partial charge in [-0.3, -0.25) is 10.1 Å². The quantitative estimate of drug-likeness (QED) is 0.649. The second-order valence-corrected chi connectivity index (χ2v) is 5.09. The summed E-state index contributed by atoms with van der Waals surface area (Å²) in [5.41, 5.74) is -1.93. The van der Waals surface area contributed by atoms with Crippen LogP contribution in [-0.2, 0) is 6.18 Å². The van der Waals surface area contributed by atoms with Crippen LogP contribution in [0.5, 0.6) is 0 Å².